The third kappa shape index (κ3) is 6.27. The lowest BCUT2D eigenvalue weighted by Crippen LogP contribution is -2.41. The van der Waals surface area contributed by atoms with Gasteiger partial charge in [0.25, 0.3) is 0 Å². The summed E-state index contributed by atoms with van der Waals surface area (Å²) in [5.41, 5.74) is 2.28. The third-order valence-corrected chi connectivity index (χ3v) is 4.64. The predicted molar refractivity (Wildman–Crippen MR) is 106 cm³/mol. The SMILES string of the molecule is C=CN(/N=C(\C)C1=CCC(CN(C)N)CC1)c1ccc(OC(F)(F)C(F)(F)F)cc1. The van der Waals surface area contributed by atoms with Crippen molar-refractivity contribution < 1.29 is 26.7 Å². The van der Waals surface area contributed by atoms with Gasteiger partial charge in [-0.05, 0) is 61.9 Å². The first-order valence-electron chi connectivity index (χ1n) is 9.29. The summed E-state index contributed by atoms with van der Waals surface area (Å²) < 4.78 is 66.6. The number of alkyl halides is 5. The lowest BCUT2D eigenvalue weighted by molar-refractivity contribution is -0.360. The Morgan fingerprint density at radius 2 is 1.90 bits per heavy atom. The van der Waals surface area contributed by atoms with Gasteiger partial charge in [-0.15, -0.1) is 0 Å². The van der Waals surface area contributed by atoms with E-state index in [9.17, 15) is 22.0 Å². The zero-order chi connectivity index (χ0) is 22.5. The largest absolute Gasteiger partial charge is 0.499 e. The standard InChI is InChI=1S/C20H25F5N4O/c1-4-29(27-14(2)16-7-5-15(6-8-16)13-28(3)26)17-9-11-18(12-10-17)30-20(24,25)19(21,22)23/h4,7,9-12,15H,1,5-6,8,13,26H2,2-3H3/b27-14+. The molecule has 1 aromatic carbocycles. The fourth-order valence-corrected chi connectivity index (χ4v) is 3.09. The van der Waals surface area contributed by atoms with Crippen LogP contribution in [-0.4, -0.2) is 36.6 Å². The van der Waals surface area contributed by atoms with E-state index in [0.717, 1.165) is 49.2 Å². The van der Waals surface area contributed by atoms with Crippen molar-refractivity contribution in [3.05, 3.63) is 48.7 Å². The maximum atomic E-state index is 13.0. The van der Waals surface area contributed by atoms with Crippen LogP contribution in [0.25, 0.3) is 0 Å². The quantitative estimate of drug-likeness (QED) is 0.270. The number of anilines is 1. The Morgan fingerprint density at radius 1 is 1.27 bits per heavy atom. The second-order valence-electron chi connectivity index (χ2n) is 7.13. The molecule has 0 spiro atoms. The fraction of sp³-hybridized carbons (Fsp3) is 0.450. The topological polar surface area (TPSA) is 54.1 Å². The molecule has 166 valence electrons. The van der Waals surface area contributed by atoms with Crippen LogP contribution in [-0.2, 0) is 0 Å². The molecule has 2 rings (SSSR count). The number of hydrogen-bond donors (Lipinski definition) is 1. The van der Waals surface area contributed by atoms with Crippen molar-refractivity contribution in [1.29, 1.82) is 0 Å². The number of ether oxygens (including phenoxy) is 1. The molecule has 1 aliphatic carbocycles. The predicted octanol–water partition coefficient (Wildman–Crippen LogP) is 5.08. The van der Waals surface area contributed by atoms with Gasteiger partial charge < -0.3 is 4.74 Å². The monoisotopic (exact) mass is 432 g/mol. The second kappa shape index (κ2) is 9.57. The van der Waals surface area contributed by atoms with E-state index in [1.165, 1.54) is 23.3 Å². The first-order chi connectivity index (χ1) is 13.9. The van der Waals surface area contributed by atoms with E-state index in [2.05, 4.69) is 22.5 Å². The Hall–Kier alpha value is -2.46. The molecule has 1 aliphatic rings. The summed E-state index contributed by atoms with van der Waals surface area (Å²) in [6.45, 7) is 6.33. The molecule has 10 heteroatoms. The van der Waals surface area contributed by atoms with Crippen LogP contribution in [0.3, 0.4) is 0 Å². The minimum atomic E-state index is -5.80. The Bertz CT molecular complexity index is 787. The van der Waals surface area contributed by atoms with Crippen LogP contribution >= 0.6 is 0 Å². The van der Waals surface area contributed by atoms with Crippen molar-refractivity contribution in [2.75, 3.05) is 18.6 Å². The highest BCUT2D eigenvalue weighted by molar-refractivity contribution is 5.98. The van der Waals surface area contributed by atoms with Gasteiger partial charge in [0.1, 0.15) is 5.75 Å². The number of nitrogens with two attached hydrogens (primary N) is 1. The molecule has 0 saturated heterocycles. The molecular formula is C20H25F5N4O. The maximum absolute atomic E-state index is 13.0. The van der Waals surface area contributed by atoms with Crippen molar-refractivity contribution in [3.8, 4) is 5.75 Å². The number of hydrazone groups is 1. The fourth-order valence-electron chi connectivity index (χ4n) is 3.09. The Morgan fingerprint density at radius 3 is 2.37 bits per heavy atom. The highest BCUT2D eigenvalue weighted by atomic mass is 19.4. The molecule has 0 aliphatic heterocycles. The van der Waals surface area contributed by atoms with Gasteiger partial charge in [0.05, 0.1) is 11.4 Å². The summed E-state index contributed by atoms with van der Waals surface area (Å²) in [4.78, 5) is 0. The normalized spacial score (nSPS) is 18.2. The molecule has 0 aromatic heterocycles. The van der Waals surface area contributed by atoms with Crippen LogP contribution in [0.1, 0.15) is 26.2 Å². The van der Waals surface area contributed by atoms with Gasteiger partial charge in [-0.1, -0.05) is 12.7 Å². The maximum Gasteiger partial charge on any atom is 0.499 e. The van der Waals surface area contributed by atoms with Crippen LogP contribution in [0.5, 0.6) is 5.75 Å². The van der Waals surface area contributed by atoms with E-state index < -0.39 is 18.0 Å². The minimum Gasteiger partial charge on any atom is -0.426 e. The van der Waals surface area contributed by atoms with Crippen molar-refractivity contribution in [3.63, 3.8) is 0 Å². The lowest BCUT2D eigenvalue weighted by atomic mass is 9.88. The van der Waals surface area contributed by atoms with Gasteiger partial charge >= 0.3 is 12.3 Å². The Balaban J connectivity index is 2.09. The smallest absolute Gasteiger partial charge is 0.426 e. The van der Waals surface area contributed by atoms with Crippen LogP contribution in [0, 0.1) is 5.92 Å². The molecule has 1 aromatic rings. The molecule has 0 fully saturated rings. The number of rotatable bonds is 8. The van der Waals surface area contributed by atoms with E-state index in [1.807, 2.05) is 14.0 Å². The zero-order valence-electron chi connectivity index (χ0n) is 16.8. The average molecular weight is 432 g/mol. The van der Waals surface area contributed by atoms with Gasteiger partial charge in [-0.2, -0.15) is 27.1 Å². The first kappa shape index (κ1) is 23.8. The summed E-state index contributed by atoms with van der Waals surface area (Å²) >= 11 is 0. The van der Waals surface area contributed by atoms with Gasteiger partial charge in [-0.3, -0.25) is 5.84 Å². The van der Waals surface area contributed by atoms with Gasteiger partial charge in [0.2, 0.25) is 0 Å². The third-order valence-electron chi connectivity index (χ3n) is 4.64. The molecule has 0 amide bonds. The molecule has 30 heavy (non-hydrogen) atoms. The molecule has 1 atom stereocenters. The molecule has 1 unspecified atom stereocenters. The molecule has 0 saturated carbocycles. The second-order valence-corrected chi connectivity index (χ2v) is 7.13. The molecule has 2 N–H and O–H groups in total. The van der Waals surface area contributed by atoms with E-state index in [-0.39, 0.29) is 0 Å². The Kier molecular flexibility index (Phi) is 7.59. The highest BCUT2D eigenvalue weighted by Crippen LogP contribution is 2.37. The zero-order valence-corrected chi connectivity index (χ0v) is 16.8. The van der Waals surface area contributed by atoms with Gasteiger partial charge in [0, 0.05) is 19.8 Å². The number of benzene rings is 1. The summed E-state index contributed by atoms with van der Waals surface area (Å²) in [5, 5.41) is 7.56. The van der Waals surface area contributed by atoms with E-state index in [1.54, 1.807) is 5.01 Å². The van der Waals surface area contributed by atoms with E-state index >= 15 is 0 Å². The molecule has 0 radical (unpaired) electrons. The summed E-state index contributed by atoms with van der Waals surface area (Å²) in [5.74, 6) is 5.56. The minimum absolute atomic E-state index is 0.436. The number of halogens is 5. The molecule has 5 nitrogen and oxygen atoms in total. The summed E-state index contributed by atoms with van der Waals surface area (Å²) in [6.07, 6.45) is -4.83. The number of hydrogen-bond acceptors (Lipinski definition) is 5. The molecular weight excluding hydrogens is 407 g/mol. The first-order valence-corrected chi connectivity index (χ1v) is 9.29. The lowest BCUT2D eigenvalue weighted by Gasteiger charge is -2.25. The van der Waals surface area contributed by atoms with Crippen LogP contribution in [0.2, 0.25) is 0 Å². The average Bonchev–Trinajstić information content (AvgIpc) is 2.65. The van der Waals surface area contributed by atoms with Crippen molar-refractivity contribution >= 4 is 11.4 Å². The number of hydrazine groups is 1. The number of nitrogens with zero attached hydrogens (tertiary/aromatic N) is 3. The van der Waals surface area contributed by atoms with Gasteiger partial charge in [-0.25, -0.2) is 10.0 Å². The number of allylic oxidation sites excluding steroid dienone is 2. The molecule has 0 bridgehead atoms. The van der Waals surface area contributed by atoms with Crippen molar-refractivity contribution in [1.82, 2.24) is 5.01 Å². The van der Waals surface area contributed by atoms with Crippen molar-refractivity contribution in [2.45, 2.75) is 38.5 Å². The van der Waals surface area contributed by atoms with E-state index in [0.29, 0.717) is 11.6 Å². The van der Waals surface area contributed by atoms with Crippen LogP contribution in [0.4, 0.5) is 27.6 Å². The Labute approximate surface area is 172 Å². The van der Waals surface area contributed by atoms with Gasteiger partial charge in [0.15, 0.2) is 0 Å². The van der Waals surface area contributed by atoms with E-state index in [4.69, 9.17) is 5.84 Å². The summed E-state index contributed by atoms with van der Waals surface area (Å²) in [7, 11) is 1.83. The summed E-state index contributed by atoms with van der Waals surface area (Å²) in [6, 6.07) is 4.68. The molecule has 0 heterocycles. The van der Waals surface area contributed by atoms with Crippen LogP contribution in [0.15, 0.2) is 53.8 Å². The van der Waals surface area contributed by atoms with Crippen molar-refractivity contribution in [2.24, 2.45) is 16.9 Å². The highest BCUT2D eigenvalue weighted by Gasteiger charge is 2.61. The van der Waals surface area contributed by atoms with Crippen LogP contribution < -0.4 is 15.6 Å².